The molecule has 1 aromatic carbocycles. The molecule has 6 unspecified atom stereocenters. The average Bonchev–Trinajstić information content (AvgIpc) is 3.14. The number of fused-ring (bicyclic) bond motifs is 6. The Kier molecular flexibility index (Phi) is 14.3. The first-order valence-electron chi connectivity index (χ1n) is 20.0. The summed E-state index contributed by atoms with van der Waals surface area (Å²) in [4.78, 5) is 82.4. The van der Waals surface area contributed by atoms with Crippen molar-refractivity contribution in [3.05, 3.63) is 46.5 Å². The first-order chi connectivity index (χ1) is 27.9. The van der Waals surface area contributed by atoms with Crippen LogP contribution in [0.1, 0.15) is 85.6 Å². The summed E-state index contributed by atoms with van der Waals surface area (Å²) in [5.74, 6) is -1.45. The number of carbonyl (C=O) groups is 6. The number of ketones is 2. The molecule has 5 aliphatic rings. The first-order valence-corrected chi connectivity index (χ1v) is 21.4. The molecule has 2 saturated heterocycles. The molecule has 0 spiro atoms. The van der Waals surface area contributed by atoms with Crippen molar-refractivity contribution in [2.75, 3.05) is 39.0 Å². The molecule has 60 heavy (non-hydrogen) atoms. The van der Waals surface area contributed by atoms with E-state index in [1.807, 2.05) is 26.8 Å². The lowest BCUT2D eigenvalue weighted by molar-refractivity contribution is -0.328. The topological polar surface area (TPSA) is 187 Å². The molecule has 6 bridgehead atoms. The smallest absolute Gasteiger partial charge is 0.409 e. The van der Waals surface area contributed by atoms with E-state index in [1.54, 1.807) is 45.2 Å². The van der Waals surface area contributed by atoms with E-state index in [9.17, 15) is 33.9 Å². The third-order valence-electron chi connectivity index (χ3n) is 11.9. The van der Waals surface area contributed by atoms with E-state index in [4.69, 9.17) is 35.3 Å². The zero-order valence-electron chi connectivity index (χ0n) is 36.0. The Hall–Kier alpha value is -3.96. The van der Waals surface area contributed by atoms with Gasteiger partial charge < -0.3 is 38.6 Å². The SMILES string of the molecule is COc1cc2cc(c1Cl)N(C)C(=O)CC(OC(=O)[C@H](C)N(C)C(=O)CCSC1C(=O)CC(C)(C)CC1=O)C1(C)CC(C)(O1)C1CC(O)(NC(=O)O1)C(OC)/C=C/C=C(\C)C2. The Balaban J connectivity index is 1.41. The van der Waals surface area contributed by atoms with Crippen LogP contribution in [0, 0.1) is 5.41 Å². The van der Waals surface area contributed by atoms with Gasteiger partial charge in [0, 0.05) is 59.1 Å². The number of allylic oxidation sites excluding steroid dienone is 3. The van der Waals surface area contributed by atoms with Crippen LogP contribution in [0.2, 0.25) is 5.02 Å². The number of thioether (sulfide) groups is 1. The van der Waals surface area contributed by atoms with Gasteiger partial charge in [-0.05, 0) is 57.2 Å². The van der Waals surface area contributed by atoms with Crippen molar-refractivity contribution in [2.24, 2.45) is 5.41 Å². The van der Waals surface area contributed by atoms with Crippen LogP contribution in [0.25, 0.3) is 0 Å². The molecule has 4 aliphatic heterocycles. The molecular weight excluding hydrogens is 818 g/mol. The Morgan fingerprint density at radius 3 is 2.37 bits per heavy atom. The van der Waals surface area contributed by atoms with Crippen molar-refractivity contribution in [1.29, 1.82) is 0 Å². The third-order valence-corrected chi connectivity index (χ3v) is 13.6. The first kappa shape index (κ1) is 47.1. The molecule has 330 valence electrons. The molecule has 1 saturated carbocycles. The van der Waals surface area contributed by atoms with E-state index < -0.39 is 70.4 Å². The van der Waals surface area contributed by atoms with Crippen LogP contribution >= 0.6 is 23.4 Å². The van der Waals surface area contributed by atoms with Gasteiger partial charge >= 0.3 is 12.1 Å². The van der Waals surface area contributed by atoms with Crippen LogP contribution in [0.5, 0.6) is 5.75 Å². The van der Waals surface area contributed by atoms with Crippen molar-refractivity contribution in [2.45, 2.75) is 133 Å². The number of anilines is 1. The molecule has 3 fully saturated rings. The molecule has 7 atom stereocenters. The third kappa shape index (κ3) is 10.2. The number of rotatable bonds is 9. The number of carbonyl (C=O) groups excluding carboxylic acids is 6. The largest absolute Gasteiger partial charge is 0.495 e. The number of amides is 3. The van der Waals surface area contributed by atoms with Crippen LogP contribution in [0.3, 0.4) is 0 Å². The van der Waals surface area contributed by atoms with Crippen LogP contribution in [0.15, 0.2) is 35.9 Å². The Labute approximate surface area is 360 Å². The number of benzene rings is 1. The molecular formula is C43H58ClN3O12S. The van der Waals surface area contributed by atoms with Crippen LogP contribution < -0.4 is 15.0 Å². The lowest BCUT2D eigenvalue weighted by Crippen LogP contribution is -2.72. The van der Waals surface area contributed by atoms with Gasteiger partial charge in [0.15, 0.2) is 17.3 Å². The number of nitrogens with zero attached hydrogens (tertiary/aromatic N) is 2. The van der Waals surface area contributed by atoms with Crippen LogP contribution in [-0.4, -0.2) is 126 Å². The minimum absolute atomic E-state index is 0.0369. The van der Waals surface area contributed by atoms with Crippen molar-refractivity contribution >= 4 is 64.5 Å². The maximum atomic E-state index is 14.2. The van der Waals surface area contributed by atoms with E-state index in [-0.39, 0.29) is 66.3 Å². The van der Waals surface area contributed by atoms with Gasteiger partial charge in [0.2, 0.25) is 11.8 Å². The van der Waals surface area contributed by atoms with Gasteiger partial charge in [-0.1, -0.05) is 49.2 Å². The number of likely N-dealkylation sites (N-methyl/N-ethyl adjacent to an activating group) is 1. The summed E-state index contributed by atoms with van der Waals surface area (Å²) in [5, 5.41) is 13.7. The maximum absolute atomic E-state index is 14.2. The molecule has 1 aliphatic carbocycles. The summed E-state index contributed by atoms with van der Waals surface area (Å²) in [6.45, 7) is 10.5. The second kappa shape index (κ2) is 18.2. The Morgan fingerprint density at radius 2 is 1.75 bits per heavy atom. The predicted molar refractivity (Wildman–Crippen MR) is 225 cm³/mol. The van der Waals surface area contributed by atoms with Crippen molar-refractivity contribution in [3.8, 4) is 5.75 Å². The number of aliphatic hydroxyl groups is 1. The van der Waals surface area contributed by atoms with Gasteiger partial charge in [-0.3, -0.25) is 24.5 Å². The van der Waals surface area contributed by atoms with Gasteiger partial charge in [0.05, 0.1) is 19.2 Å². The molecule has 0 radical (unpaired) electrons. The van der Waals surface area contributed by atoms with E-state index in [0.717, 1.165) is 22.9 Å². The summed E-state index contributed by atoms with van der Waals surface area (Å²) in [5.41, 5.74) is -2.74. The molecule has 2 N–H and O–H groups in total. The molecule has 0 aromatic heterocycles. The van der Waals surface area contributed by atoms with E-state index in [2.05, 4.69) is 5.32 Å². The number of esters is 1. The number of nitrogens with one attached hydrogen (secondary N) is 1. The summed E-state index contributed by atoms with van der Waals surface area (Å²) in [6, 6.07) is 2.44. The highest BCUT2D eigenvalue weighted by Gasteiger charge is 2.63. The molecule has 3 amide bonds. The highest BCUT2D eigenvalue weighted by molar-refractivity contribution is 8.01. The maximum Gasteiger partial charge on any atom is 0.409 e. The lowest BCUT2D eigenvalue weighted by Gasteiger charge is -2.59. The fourth-order valence-corrected chi connectivity index (χ4v) is 9.89. The van der Waals surface area contributed by atoms with Crippen molar-refractivity contribution < 1.29 is 57.6 Å². The van der Waals surface area contributed by atoms with Gasteiger partial charge in [0.1, 0.15) is 51.6 Å². The average molecular weight is 876 g/mol. The van der Waals surface area contributed by atoms with Gasteiger partial charge in [-0.25, -0.2) is 9.59 Å². The van der Waals surface area contributed by atoms with E-state index in [0.29, 0.717) is 17.9 Å². The summed E-state index contributed by atoms with van der Waals surface area (Å²) >= 11 is 7.91. The highest BCUT2D eigenvalue weighted by atomic mass is 35.5. The fraction of sp³-hybridized carbons (Fsp3) is 0.628. The molecule has 1 aromatic rings. The van der Waals surface area contributed by atoms with Crippen LogP contribution in [-0.2, 0) is 49.3 Å². The van der Waals surface area contributed by atoms with E-state index in [1.165, 1.54) is 38.0 Å². The number of hydrogen-bond acceptors (Lipinski definition) is 13. The summed E-state index contributed by atoms with van der Waals surface area (Å²) in [7, 11) is 5.89. The Morgan fingerprint density at radius 1 is 1.10 bits per heavy atom. The minimum Gasteiger partial charge on any atom is -0.495 e. The summed E-state index contributed by atoms with van der Waals surface area (Å²) < 4.78 is 29.6. The van der Waals surface area contributed by atoms with Crippen molar-refractivity contribution in [1.82, 2.24) is 10.2 Å². The fourth-order valence-electron chi connectivity index (χ4n) is 8.51. The quantitative estimate of drug-likeness (QED) is 0.247. The number of alkyl carbamates (subject to hydrolysis) is 1. The second-order valence-electron chi connectivity index (χ2n) is 17.6. The monoisotopic (exact) mass is 875 g/mol. The summed E-state index contributed by atoms with van der Waals surface area (Å²) in [6.07, 6.45) is 1.72. The Bertz CT molecular complexity index is 1930. The normalized spacial score (nSPS) is 31.8. The van der Waals surface area contributed by atoms with E-state index >= 15 is 0 Å². The zero-order chi connectivity index (χ0) is 44.5. The van der Waals surface area contributed by atoms with Gasteiger partial charge in [-0.2, -0.15) is 0 Å². The highest BCUT2D eigenvalue weighted by Crippen LogP contribution is 2.50. The number of Topliss-reactive ketones (excluding diaryl/α,β-unsaturated/α-hetero) is 2. The number of methoxy groups -OCH3 is 2. The standard InChI is InChI=1S/C43H58ClN3O12S/c1-24-12-11-13-31(56-10)43(54)22-33(58-39(53)45-43)42(6)23-41(5,59-42)32(19-35(51)47(8)27-17-26(16-24)18-30(55-9)36(27)44)57-38(52)25(2)46(7)34(50)14-15-60-37-28(48)20-40(3,4)21-29(37)49/h11-13,17-18,25,31-33,37,54H,14-16,19-23H2,1-10H3,(H,45,53)/b13-11+,24-12+/t25-,31?,32?,33?,41?,42?,43?/m0/s1. The lowest BCUT2D eigenvalue weighted by atomic mass is 9.72. The number of halogens is 1. The molecule has 17 heteroatoms. The van der Waals surface area contributed by atoms with Gasteiger partial charge in [0.25, 0.3) is 0 Å². The molecule has 4 heterocycles. The molecule has 15 nitrogen and oxygen atoms in total. The number of ether oxygens (including phenoxy) is 5. The predicted octanol–water partition coefficient (Wildman–Crippen LogP) is 5.11. The van der Waals surface area contributed by atoms with Crippen LogP contribution in [0.4, 0.5) is 10.5 Å². The zero-order valence-corrected chi connectivity index (χ0v) is 37.6. The second-order valence-corrected chi connectivity index (χ2v) is 19.2. The minimum atomic E-state index is -1.89. The molecule has 6 rings (SSSR count). The number of hydrogen-bond donors (Lipinski definition) is 2. The van der Waals surface area contributed by atoms with Crippen molar-refractivity contribution in [3.63, 3.8) is 0 Å². The van der Waals surface area contributed by atoms with Gasteiger partial charge in [-0.15, -0.1) is 11.8 Å².